The van der Waals surface area contributed by atoms with Crippen LogP contribution in [0.5, 0.6) is 0 Å². The number of aromatic nitrogens is 1. The molecule has 1 aliphatic carbocycles. The molecule has 0 saturated carbocycles. The molecule has 2 aromatic rings. The normalized spacial score (nSPS) is 16.8. The SMILES string of the molecule is CCOC(=O)CC.NC1CCc2c([nH]c3ccccc23)C1. The van der Waals surface area contributed by atoms with Crippen LogP contribution < -0.4 is 5.73 Å². The summed E-state index contributed by atoms with van der Waals surface area (Å²) in [7, 11) is 0. The van der Waals surface area contributed by atoms with Crippen LogP contribution in [0.15, 0.2) is 24.3 Å². The van der Waals surface area contributed by atoms with E-state index in [2.05, 4.69) is 34.0 Å². The molecule has 1 aromatic carbocycles. The minimum atomic E-state index is -0.123. The minimum absolute atomic E-state index is 0.123. The minimum Gasteiger partial charge on any atom is -0.466 e. The third-order valence-electron chi connectivity index (χ3n) is 3.73. The lowest BCUT2D eigenvalue weighted by atomic mass is 9.92. The Labute approximate surface area is 125 Å². The maximum atomic E-state index is 10.2. The molecule has 0 bridgehead atoms. The van der Waals surface area contributed by atoms with E-state index in [1.54, 1.807) is 13.8 Å². The van der Waals surface area contributed by atoms with Crippen LogP contribution in [0.25, 0.3) is 10.9 Å². The van der Waals surface area contributed by atoms with Crippen molar-refractivity contribution >= 4 is 16.9 Å². The number of rotatable bonds is 2. The molecule has 114 valence electrons. The highest BCUT2D eigenvalue weighted by atomic mass is 16.5. The average Bonchev–Trinajstić information content (AvgIpc) is 2.85. The molecule has 1 heterocycles. The zero-order valence-electron chi connectivity index (χ0n) is 12.8. The van der Waals surface area contributed by atoms with Crippen LogP contribution in [0.3, 0.4) is 0 Å². The molecular formula is C17H24N2O2. The summed E-state index contributed by atoms with van der Waals surface area (Å²) in [6.07, 6.45) is 3.73. The number of H-pyrrole nitrogens is 1. The molecule has 1 unspecified atom stereocenters. The van der Waals surface area contributed by atoms with E-state index in [0.29, 0.717) is 19.1 Å². The number of benzene rings is 1. The van der Waals surface area contributed by atoms with Crippen molar-refractivity contribution in [2.24, 2.45) is 5.73 Å². The van der Waals surface area contributed by atoms with Gasteiger partial charge in [-0.2, -0.15) is 0 Å². The molecule has 1 aliphatic rings. The number of fused-ring (bicyclic) bond motifs is 3. The van der Waals surface area contributed by atoms with Gasteiger partial charge in [0, 0.05) is 35.5 Å². The molecule has 0 spiro atoms. The van der Waals surface area contributed by atoms with Crippen LogP contribution in [0, 0.1) is 0 Å². The van der Waals surface area contributed by atoms with Gasteiger partial charge in [0.25, 0.3) is 0 Å². The van der Waals surface area contributed by atoms with Crippen molar-refractivity contribution in [2.75, 3.05) is 6.61 Å². The number of nitrogens with two attached hydrogens (primary N) is 1. The standard InChI is InChI=1S/C12H14N2.C5H10O2/c13-8-5-6-10-9-3-1-2-4-11(9)14-12(10)7-8;1-3-5(6)7-4-2/h1-4,8,14H,5-7,13H2;3-4H2,1-2H3. The Morgan fingerprint density at radius 2 is 2.14 bits per heavy atom. The summed E-state index contributed by atoms with van der Waals surface area (Å²) in [5.41, 5.74) is 10.0. The van der Waals surface area contributed by atoms with E-state index in [0.717, 1.165) is 19.3 Å². The number of esters is 1. The summed E-state index contributed by atoms with van der Waals surface area (Å²) in [5.74, 6) is -0.123. The molecule has 21 heavy (non-hydrogen) atoms. The topological polar surface area (TPSA) is 68.1 Å². The molecular weight excluding hydrogens is 264 g/mol. The average molecular weight is 288 g/mol. The largest absolute Gasteiger partial charge is 0.466 e. The molecule has 4 nitrogen and oxygen atoms in total. The van der Waals surface area contributed by atoms with Crippen molar-refractivity contribution in [1.29, 1.82) is 0 Å². The molecule has 0 fully saturated rings. The smallest absolute Gasteiger partial charge is 0.305 e. The number of ether oxygens (including phenoxy) is 1. The highest BCUT2D eigenvalue weighted by molar-refractivity contribution is 5.84. The summed E-state index contributed by atoms with van der Waals surface area (Å²) in [4.78, 5) is 13.7. The van der Waals surface area contributed by atoms with Gasteiger partial charge in [0.2, 0.25) is 0 Å². The van der Waals surface area contributed by atoms with Gasteiger partial charge in [0.1, 0.15) is 0 Å². The van der Waals surface area contributed by atoms with Gasteiger partial charge in [0.15, 0.2) is 0 Å². The summed E-state index contributed by atoms with van der Waals surface area (Å²) in [6, 6.07) is 8.85. The molecule has 3 N–H and O–H groups in total. The van der Waals surface area contributed by atoms with Gasteiger partial charge >= 0.3 is 5.97 Å². The monoisotopic (exact) mass is 288 g/mol. The fraction of sp³-hybridized carbons (Fsp3) is 0.471. The van der Waals surface area contributed by atoms with Gasteiger partial charge in [-0.1, -0.05) is 25.1 Å². The molecule has 1 aromatic heterocycles. The Morgan fingerprint density at radius 3 is 2.81 bits per heavy atom. The Balaban J connectivity index is 0.000000199. The fourth-order valence-electron chi connectivity index (χ4n) is 2.67. The Bertz CT molecular complexity index is 604. The number of nitrogens with one attached hydrogen (secondary N) is 1. The Kier molecular flexibility index (Phi) is 5.39. The van der Waals surface area contributed by atoms with Crippen LogP contribution in [-0.2, 0) is 22.4 Å². The van der Waals surface area contributed by atoms with E-state index in [1.807, 2.05) is 0 Å². The van der Waals surface area contributed by atoms with Gasteiger partial charge in [0.05, 0.1) is 6.61 Å². The van der Waals surface area contributed by atoms with Gasteiger partial charge in [-0.3, -0.25) is 4.79 Å². The molecule has 4 heteroatoms. The second kappa shape index (κ2) is 7.27. The van der Waals surface area contributed by atoms with Crippen molar-refractivity contribution < 1.29 is 9.53 Å². The molecule has 1 atom stereocenters. The van der Waals surface area contributed by atoms with Crippen molar-refractivity contribution in [2.45, 2.75) is 45.6 Å². The summed E-state index contributed by atoms with van der Waals surface area (Å²) in [5, 5.41) is 1.38. The van der Waals surface area contributed by atoms with Crippen LogP contribution in [0.2, 0.25) is 0 Å². The second-order valence-electron chi connectivity index (χ2n) is 5.29. The number of aryl methyl sites for hydroxylation is 1. The van der Waals surface area contributed by atoms with Gasteiger partial charge < -0.3 is 15.5 Å². The molecule has 0 aliphatic heterocycles. The van der Waals surface area contributed by atoms with Gasteiger partial charge in [-0.25, -0.2) is 0 Å². The maximum absolute atomic E-state index is 10.2. The van der Waals surface area contributed by atoms with E-state index in [9.17, 15) is 4.79 Å². The maximum Gasteiger partial charge on any atom is 0.305 e. The van der Waals surface area contributed by atoms with Crippen LogP contribution >= 0.6 is 0 Å². The van der Waals surface area contributed by atoms with E-state index < -0.39 is 0 Å². The van der Waals surface area contributed by atoms with E-state index in [1.165, 1.54) is 22.2 Å². The Hall–Kier alpha value is -1.81. The number of hydrogen-bond acceptors (Lipinski definition) is 3. The number of carbonyl (C=O) groups excluding carboxylic acids is 1. The van der Waals surface area contributed by atoms with Crippen molar-refractivity contribution in [3.05, 3.63) is 35.5 Å². The summed E-state index contributed by atoms with van der Waals surface area (Å²) in [6.45, 7) is 4.07. The summed E-state index contributed by atoms with van der Waals surface area (Å²) >= 11 is 0. The Morgan fingerprint density at radius 1 is 1.38 bits per heavy atom. The van der Waals surface area contributed by atoms with E-state index in [4.69, 9.17) is 5.73 Å². The predicted molar refractivity (Wildman–Crippen MR) is 85.2 cm³/mol. The zero-order valence-corrected chi connectivity index (χ0v) is 12.8. The first-order valence-corrected chi connectivity index (χ1v) is 7.65. The third-order valence-corrected chi connectivity index (χ3v) is 3.73. The van der Waals surface area contributed by atoms with Crippen molar-refractivity contribution in [3.63, 3.8) is 0 Å². The van der Waals surface area contributed by atoms with Crippen LogP contribution in [-0.4, -0.2) is 23.6 Å². The highest BCUT2D eigenvalue weighted by Crippen LogP contribution is 2.28. The number of aromatic amines is 1. The van der Waals surface area contributed by atoms with Crippen molar-refractivity contribution in [3.8, 4) is 0 Å². The van der Waals surface area contributed by atoms with Gasteiger partial charge in [-0.05, 0) is 31.4 Å². The molecule has 0 saturated heterocycles. The molecule has 0 amide bonds. The molecule has 3 rings (SSSR count). The van der Waals surface area contributed by atoms with Crippen molar-refractivity contribution in [1.82, 2.24) is 4.98 Å². The number of carbonyl (C=O) groups is 1. The second-order valence-corrected chi connectivity index (χ2v) is 5.29. The lowest BCUT2D eigenvalue weighted by molar-refractivity contribution is -0.142. The first-order valence-electron chi connectivity index (χ1n) is 7.65. The van der Waals surface area contributed by atoms with Crippen LogP contribution in [0.4, 0.5) is 0 Å². The molecule has 0 radical (unpaired) electrons. The quantitative estimate of drug-likeness (QED) is 0.835. The van der Waals surface area contributed by atoms with Crippen LogP contribution in [0.1, 0.15) is 37.9 Å². The highest BCUT2D eigenvalue weighted by Gasteiger charge is 2.19. The lowest BCUT2D eigenvalue weighted by Crippen LogP contribution is -2.27. The van der Waals surface area contributed by atoms with E-state index in [-0.39, 0.29) is 5.97 Å². The van der Waals surface area contributed by atoms with Gasteiger partial charge in [-0.15, -0.1) is 0 Å². The zero-order chi connectivity index (χ0) is 15.2. The van der Waals surface area contributed by atoms with E-state index >= 15 is 0 Å². The lowest BCUT2D eigenvalue weighted by Gasteiger charge is -2.17. The number of hydrogen-bond donors (Lipinski definition) is 2. The summed E-state index contributed by atoms with van der Waals surface area (Å²) < 4.78 is 4.55. The predicted octanol–water partition coefficient (Wildman–Crippen LogP) is 2.94. The fourth-order valence-corrected chi connectivity index (χ4v) is 2.67. The number of para-hydroxylation sites is 1. The third kappa shape index (κ3) is 3.85. The first-order chi connectivity index (χ1) is 10.2. The first kappa shape index (κ1) is 15.6.